The second kappa shape index (κ2) is 5.53. The Morgan fingerprint density at radius 2 is 1.88 bits per heavy atom. The van der Waals surface area contributed by atoms with E-state index in [1.165, 1.54) is 10.8 Å². The molecule has 1 aliphatic rings. The number of carbonyl (C=O) groups excluding carboxylic acids is 1. The van der Waals surface area contributed by atoms with E-state index in [1.807, 2.05) is 25.4 Å². The van der Waals surface area contributed by atoms with E-state index in [2.05, 4.69) is 19.9 Å². The molecule has 24 heavy (non-hydrogen) atoms. The predicted molar refractivity (Wildman–Crippen MR) is 88.2 cm³/mol. The fraction of sp³-hybridized carbons (Fsp3) is 0.0667. The summed E-state index contributed by atoms with van der Waals surface area (Å²) in [6, 6.07) is 3.84. The number of hydrogen-bond acceptors (Lipinski definition) is 5. The zero-order valence-corrected chi connectivity index (χ0v) is 13.4. The number of pyridine rings is 1. The molecule has 120 valence electrons. The van der Waals surface area contributed by atoms with Crippen molar-refractivity contribution in [2.75, 3.05) is 0 Å². The number of amides is 1. The summed E-state index contributed by atoms with van der Waals surface area (Å²) in [4.78, 5) is 15.7. The first-order chi connectivity index (χ1) is 11.6. The Balaban J connectivity index is 1.62. The van der Waals surface area contributed by atoms with Crippen molar-refractivity contribution in [2.24, 2.45) is 7.05 Å². The minimum Gasteiger partial charge on any atom is -0.275 e. The van der Waals surface area contributed by atoms with Gasteiger partial charge in [-0.05, 0) is 6.07 Å². The van der Waals surface area contributed by atoms with Crippen molar-refractivity contribution in [1.29, 1.82) is 0 Å². The minimum absolute atomic E-state index is 0.311. The number of hydrogen-bond donors (Lipinski definition) is 1. The Morgan fingerprint density at radius 3 is 2.50 bits per heavy atom. The maximum Gasteiger partial charge on any atom is 0.258 e. The molecule has 4 rings (SSSR count). The third-order valence-electron chi connectivity index (χ3n) is 3.54. The Labute approximate surface area is 139 Å². The third-order valence-corrected chi connectivity index (χ3v) is 4.62. The molecule has 0 fully saturated rings. The van der Waals surface area contributed by atoms with Gasteiger partial charge in [0.2, 0.25) is 0 Å². The van der Waals surface area contributed by atoms with Gasteiger partial charge in [0, 0.05) is 48.4 Å². The van der Waals surface area contributed by atoms with Crippen LogP contribution in [0.4, 0.5) is 0 Å². The molecular weight excluding hydrogens is 328 g/mol. The van der Waals surface area contributed by atoms with E-state index in [0.29, 0.717) is 5.03 Å². The summed E-state index contributed by atoms with van der Waals surface area (Å²) in [6.07, 6.45) is 10.0. The SMILES string of the molecule is Cn1cc(-c2ccc(-c3cnn(C4=CC(=O)NS4=O)c3)cn2)cn1. The number of rotatable bonds is 3. The standard InChI is InChI=1S/C15H12N6O2S/c1-20-8-12(7-17-20)13-3-2-10(5-16-13)11-6-18-21(9-11)15-4-14(22)19-24(15)23/h2-9H,1H3,(H,19,22). The van der Waals surface area contributed by atoms with Crippen LogP contribution in [-0.4, -0.2) is 34.7 Å². The second-order valence-electron chi connectivity index (χ2n) is 5.23. The Hall–Kier alpha value is -3.07. The largest absolute Gasteiger partial charge is 0.275 e. The van der Waals surface area contributed by atoms with E-state index in [1.54, 1.807) is 29.5 Å². The molecule has 0 spiro atoms. The van der Waals surface area contributed by atoms with Crippen LogP contribution in [0.2, 0.25) is 0 Å². The third kappa shape index (κ3) is 2.54. The lowest BCUT2D eigenvalue weighted by Gasteiger charge is -2.00. The Bertz CT molecular complexity index is 986. The molecule has 0 aromatic carbocycles. The van der Waals surface area contributed by atoms with Crippen LogP contribution >= 0.6 is 0 Å². The quantitative estimate of drug-likeness (QED) is 0.766. The molecule has 0 bridgehead atoms. The first-order valence-electron chi connectivity index (χ1n) is 7.05. The number of nitrogens with zero attached hydrogens (tertiary/aromatic N) is 5. The van der Waals surface area contributed by atoms with E-state index in [9.17, 15) is 9.00 Å². The van der Waals surface area contributed by atoms with Crippen LogP contribution in [0.5, 0.6) is 0 Å². The maximum absolute atomic E-state index is 11.8. The fourth-order valence-corrected chi connectivity index (χ4v) is 3.20. The molecule has 1 atom stereocenters. The summed E-state index contributed by atoms with van der Waals surface area (Å²) in [5.74, 6) is -0.386. The highest BCUT2D eigenvalue weighted by Crippen LogP contribution is 2.23. The van der Waals surface area contributed by atoms with Gasteiger partial charge in [0.05, 0.1) is 18.1 Å². The Kier molecular flexibility index (Phi) is 3.35. The van der Waals surface area contributed by atoms with Gasteiger partial charge in [-0.2, -0.15) is 10.2 Å². The summed E-state index contributed by atoms with van der Waals surface area (Å²) >= 11 is 0. The van der Waals surface area contributed by atoms with Crippen molar-refractivity contribution >= 4 is 21.9 Å². The zero-order chi connectivity index (χ0) is 16.7. The highest BCUT2D eigenvalue weighted by Gasteiger charge is 2.22. The average Bonchev–Trinajstić information content (AvgIpc) is 3.28. The van der Waals surface area contributed by atoms with Gasteiger partial charge in [-0.25, -0.2) is 8.89 Å². The first-order valence-corrected chi connectivity index (χ1v) is 8.20. The van der Waals surface area contributed by atoms with Crippen LogP contribution in [0.15, 0.2) is 49.2 Å². The lowest BCUT2D eigenvalue weighted by molar-refractivity contribution is -0.114. The maximum atomic E-state index is 11.8. The molecule has 1 aliphatic heterocycles. The Morgan fingerprint density at radius 1 is 1.04 bits per heavy atom. The van der Waals surface area contributed by atoms with Crippen molar-refractivity contribution in [3.05, 3.63) is 49.2 Å². The van der Waals surface area contributed by atoms with Gasteiger partial charge in [-0.3, -0.25) is 19.2 Å². The molecule has 8 nitrogen and oxygen atoms in total. The summed E-state index contributed by atoms with van der Waals surface area (Å²) < 4.78 is 17.2. The summed E-state index contributed by atoms with van der Waals surface area (Å²) in [5.41, 5.74) is 3.46. The van der Waals surface area contributed by atoms with E-state index in [4.69, 9.17) is 0 Å². The molecule has 0 aliphatic carbocycles. The molecule has 0 radical (unpaired) electrons. The van der Waals surface area contributed by atoms with Gasteiger partial charge >= 0.3 is 0 Å². The van der Waals surface area contributed by atoms with Crippen LogP contribution in [0.3, 0.4) is 0 Å². The molecule has 9 heteroatoms. The average molecular weight is 340 g/mol. The van der Waals surface area contributed by atoms with E-state index in [0.717, 1.165) is 22.4 Å². The van der Waals surface area contributed by atoms with E-state index < -0.39 is 11.0 Å². The smallest absolute Gasteiger partial charge is 0.258 e. The van der Waals surface area contributed by atoms with Gasteiger partial charge in [0.25, 0.3) is 5.91 Å². The fourth-order valence-electron chi connectivity index (χ4n) is 2.37. The zero-order valence-electron chi connectivity index (χ0n) is 12.6. The summed E-state index contributed by atoms with van der Waals surface area (Å²) in [7, 11) is 0.281. The molecule has 3 aromatic rings. The lowest BCUT2D eigenvalue weighted by atomic mass is 10.1. The van der Waals surface area contributed by atoms with Gasteiger partial charge in [-0.15, -0.1) is 0 Å². The number of carbonyl (C=O) groups is 1. The van der Waals surface area contributed by atoms with Crippen molar-refractivity contribution in [1.82, 2.24) is 29.3 Å². The molecule has 1 amide bonds. The lowest BCUT2D eigenvalue weighted by Crippen LogP contribution is -2.17. The highest BCUT2D eigenvalue weighted by atomic mass is 32.2. The summed E-state index contributed by atoms with van der Waals surface area (Å²) in [6.45, 7) is 0. The topological polar surface area (TPSA) is 94.7 Å². The van der Waals surface area contributed by atoms with Crippen molar-refractivity contribution in [2.45, 2.75) is 0 Å². The van der Waals surface area contributed by atoms with Crippen molar-refractivity contribution in [3.8, 4) is 22.4 Å². The first kappa shape index (κ1) is 14.5. The van der Waals surface area contributed by atoms with Crippen molar-refractivity contribution < 1.29 is 9.00 Å². The van der Waals surface area contributed by atoms with Crippen LogP contribution in [0, 0.1) is 0 Å². The second-order valence-corrected chi connectivity index (χ2v) is 6.39. The van der Waals surface area contributed by atoms with E-state index >= 15 is 0 Å². The van der Waals surface area contributed by atoms with Gasteiger partial charge in [0.1, 0.15) is 0 Å². The normalized spacial score (nSPS) is 17.0. The summed E-state index contributed by atoms with van der Waals surface area (Å²) in [5, 5.41) is 8.61. The van der Waals surface area contributed by atoms with Crippen LogP contribution < -0.4 is 4.72 Å². The highest BCUT2D eigenvalue weighted by molar-refractivity contribution is 7.93. The minimum atomic E-state index is -1.57. The molecule has 0 saturated heterocycles. The number of aromatic nitrogens is 5. The monoisotopic (exact) mass is 340 g/mol. The molecular formula is C15H12N6O2S. The molecule has 0 saturated carbocycles. The van der Waals surface area contributed by atoms with Crippen LogP contribution in [0.1, 0.15) is 0 Å². The van der Waals surface area contributed by atoms with Crippen LogP contribution in [-0.2, 0) is 22.8 Å². The molecule has 3 aromatic heterocycles. The van der Waals surface area contributed by atoms with Crippen LogP contribution in [0.25, 0.3) is 27.4 Å². The van der Waals surface area contributed by atoms with E-state index in [-0.39, 0.29) is 5.91 Å². The van der Waals surface area contributed by atoms with Gasteiger partial charge in [-0.1, -0.05) is 6.07 Å². The number of nitrogens with one attached hydrogen (secondary N) is 1. The van der Waals surface area contributed by atoms with Gasteiger partial charge < -0.3 is 0 Å². The van der Waals surface area contributed by atoms with Crippen molar-refractivity contribution in [3.63, 3.8) is 0 Å². The molecule has 1 unspecified atom stereocenters. The number of aryl methyl sites for hydroxylation is 1. The molecule has 1 N–H and O–H groups in total. The molecule has 4 heterocycles. The van der Waals surface area contributed by atoms with Gasteiger partial charge in [0.15, 0.2) is 16.0 Å². The predicted octanol–water partition coefficient (Wildman–Crippen LogP) is 0.937.